The van der Waals surface area contributed by atoms with E-state index in [2.05, 4.69) is 30.0 Å². The molecule has 0 aromatic heterocycles. The molecule has 1 saturated heterocycles. The van der Waals surface area contributed by atoms with Gasteiger partial charge >= 0.3 is 0 Å². The van der Waals surface area contributed by atoms with Gasteiger partial charge in [0, 0.05) is 11.4 Å². The van der Waals surface area contributed by atoms with Crippen molar-refractivity contribution in [1.29, 1.82) is 0 Å². The average molecular weight is 373 g/mol. The number of rotatable bonds is 3. The molecule has 2 aromatic carbocycles. The van der Waals surface area contributed by atoms with Crippen molar-refractivity contribution in [3.05, 3.63) is 65.7 Å². The van der Waals surface area contributed by atoms with Crippen LogP contribution in [-0.4, -0.2) is 37.2 Å². The Labute approximate surface area is 152 Å². The van der Waals surface area contributed by atoms with Crippen LogP contribution in [0.5, 0.6) is 0 Å². The fourth-order valence-corrected chi connectivity index (χ4v) is 6.48. The van der Waals surface area contributed by atoms with Gasteiger partial charge in [0.1, 0.15) is 0 Å². The molecule has 6 heteroatoms. The van der Waals surface area contributed by atoms with Gasteiger partial charge in [0.05, 0.1) is 23.6 Å². The number of hydrogen-bond donors (Lipinski definition) is 0. The molecule has 0 spiro atoms. The first kappa shape index (κ1) is 16.7. The molecule has 4 rings (SSSR count). The largest absolute Gasteiger partial charge is 0.315 e. The van der Waals surface area contributed by atoms with Gasteiger partial charge in [0.25, 0.3) is 0 Å². The second-order valence-electron chi connectivity index (χ2n) is 6.54. The molecule has 2 aromatic rings. The Morgan fingerprint density at radius 2 is 1.80 bits per heavy atom. The van der Waals surface area contributed by atoms with Gasteiger partial charge in [-0.05, 0) is 30.2 Å². The number of hydrogen-bond acceptors (Lipinski definition) is 5. The average Bonchev–Trinajstić information content (AvgIpc) is 3.06. The molecule has 2 aliphatic rings. The number of benzene rings is 2. The first-order valence-corrected chi connectivity index (χ1v) is 11.1. The molecule has 2 heterocycles. The summed E-state index contributed by atoms with van der Waals surface area (Å²) in [5, 5.41) is 0.930. The molecule has 0 amide bonds. The maximum absolute atomic E-state index is 12.0. The van der Waals surface area contributed by atoms with Gasteiger partial charge < -0.3 is 4.90 Å². The highest BCUT2D eigenvalue weighted by Crippen LogP contribution is 2.35. The van der Waals surface area contributed by atoms with E-state index in [1.165, 1.54) is 11.1 Å². The fraction of sp³-hybridized carbons (Fsp3) is 0.316. The van der Waals surface area contributed by atoms with Crippen LogP contribution in [0.25, 0.3) is 0 Å². The zero-order chi connectivity index (χ0) is 17.4. The second kappa shape index (κ2) is 6.50. The summed E-state index contributed by atoms with van der Waals surface area (Å²) in [7, 11) is -3.00. The predicted molar refractivity (Wildman–Crippen MR) is 105 cm³/mol. The van der Waals surface area contributed by atoms with Crippen LogP contribution >= 0.6 is 11.8 Å². The molecule has 0 unspecified atom stereocenters. The molecule has 2 atom stereocenters. The number of fused-ring (bicyclic) bond motifs is 1. The van der Waals surface area contributed by atoms with Crippen LogP contribution in [0.15, 0.2) is 59.6 Å². The Morgan fingerprint density at radius 3 is 2.56 bits per heavy atom. The van der Waals surface area contributed by atoms with Crippen LogP contribution in [-0.2, 0) is 15.6 Å². The van der Waals surface area contributed by atoms with Crippen molar-refractivity contribution in [3.63, 3.8) is 0 Å². The van der Waals surface area contributed by atoms with Crippen molar-refractivity contribution in [1.82, 2.24) is 0 Å². The smallest absolute Gasteiger partial charge is 0.164 e. The van der Waals surface area contributed by atoms with Crippen LogP contribution < -0.4 is 4.90 Å². The zero-order valence-electron chi connectivity index (χ0n) is 14.0. The summed E-state index contributed by atoms with van der Waals surface area (Å²) in [4.78, 5) is 6.90. The SMILES string of the molecule is Cc1ccccc1CSC1=N[C@@H]2CS(=O)(=O)C[C@@H]2N1c1ccccc1. The molecular formula is C19H20N2O2S2. The normalized spacial score (nSPS) is 24.2. The van der Waals surface area contributed by atoms with Crippen molar-refractivity contribution < 1.29 is 8.42 Å². The predicted octanol–water partition coefficient (Wildman–Crippen LogP) is 3.27. The maximum atomic E-state index is 12.0. The number of aryl methyl sites for hydroxylation is 1. The molecule has 0 bridgehead atoms. The Bertz CT molecular complexity index is 910. The lowest BCUT2D eigenvalue weighted by Gasteiger charge is -2.26. The van der Waals surface area contributed by atoms with E-state index < -0.39 is 9.84 Å². The Balaban J connectivity index is 1.62. The third kappa shape index (κ3) is 3.33. The lowest BCUT2D eigenvalue weighted by atomic mass is 10.1. The first-order chi connectivity index (χ1) is 12.0. The lowest BCUT2D eigenvalue weighted by molar-refractivity contribution is 0.601. The minimum absolute atomic E-state index is 0.0771. The standard InChI is InChI=1S/C19H20N2O2S2/c1-14-7-5-6-8-15(14)11-24-19-20-17-12-25(22,23)13-18(17)21(19)16-9-3-2-4-10-16/h2-10,17-18H,11-13H2,1H3/t17-,18+/m1/s1. The van der Waals surface area contributed by atoms with Crippen LogP contribution in [0.1, 0.15) is 11.1 Å². The van der Waals surface area contributed by atoms with Crippen molar-refractivity contribution in [2.45, 2.75) is 24.8 Å². The van der Waals surface area contributed by atoms with Crippen LogP contribution in [0.3, 0.4) is 0 Å². The van der Waals surface area contributed by atoms with E-state index in [0.717, 1.165) is 16.6 Å². The van der Waals surface area contributed by atoms with Crippen molar-refractivity contribution in [2.75, 3.05) is 16.4 Å². The topological polar surface area (TPSA) is 49.7 Å². The quantitative estimate of drug-likeness (QED) is 0.830. The molecule has 1 fully saturated rings. The van der Waals surface area contributed by atoms with Crippen molar-refractivity contribution >= 4 is 32.5 Å². The molecule has 0 aliphatic carbocycles. The van der Waals surface area contributed by atoms with Gasteiger partial charge in [0.2, 0.25) is 0 Å². The fourth-order valence-electron chi connectivity index (χ4n) is 3.44. The minimum Gasteiger partial charge on any atom is -0.315 e. The van der Waals surface area contributed by atoms with Crippen LogP contribution in [0.4, 0.5) is 5.69 Å². The van der Waals surface area contributed by atoms with Gasteiger partial charge in [0.15, 0.2) is 15.0 Å². The van der Waals surface area contributed by atoms with Crippen LogP contribution in [0, 0.1) is 6.92 Å². The molecule has 0 radical (unpaired) electrons. The van der Waals surface area contributed by atoms with Gasteiger partial charge in [-0.3, -0.25) is 4.99 Å². The van der Waals surface area contributed by atoms with Gasteiger partial charge in [-0.15, -0.1) is 0 Å². The number of para-hydroxylation sites is 1. The lowest BCUT2D eigenvalue weighted by Crippen LogP contribution is -2.39. The summed E-state index contributed by atoms with van der Waals surface area (Å²) in [6.07, 6.45) is 0. The molecule has 0 N–H and O–H groups in total. The molecule has 4 nitrogen and oxygen atoms in total. The van der Waals surface area contributed by atoms with Crippen molar-refractivity contribution in [3.8, 4) is 0 Å². The summed E-state index contributed by atoms with van der Waals surface area (Å²) in [6, 6.07) is 18.1. The first-order valence-electron chi connectivity index (χ1n) is 8.33. The van der Waals surface area contributed by atoms with E-state index in [4.69, 9.17) is 4.99 Å². The number of sulfone groups is 1. The van der Waals surface area contributed by atoms with E-state index in [9.17, 15) is 8.42 Å². The number of nitrogens with zero attached hydrogens (tertiary/aromatic N) is 2. The summed E-state index contributed by atoms with van der Waals surface area (Å²) in [6.45, 7) is 2.11. The van der Waals surface area contributed by atoms with E-state index in [1.54, 1.807) is 11.8 Å². The second-order valence-corrected chi connectivity index (χ2v) is 9.64. The van der Waals surface area contributed by atoms with E-state index in [0.29, 0.717) is 0 Å². The Kier molecular flexibility index (Phi) is 4.33. The number of amidine groups is 1. The summed E-state index contributed by atoms with van der Waals surface area (Å²) in [5.41, 5.74) is 3.57. The van der Waals surface area contributed by atoms with Crippen molar-refractivity contribution in [2.24, 2.45) is 4.99 Å². The van der Waals surface area contributed by atoms with Gasteiger partial charge in [-0.1, -0.05) is 54.2 Å². The summed E-state index contributed by atoms with van der Waals surface area (Å²) < 4.78 is 24.1. The number of anilines is 1. The van der Waals surface area contributed by atoms with Gasteiger partial charge in [-0.25, -0.2) is 8.42 Å². The van der Waals surface area contributed by atoms with Crippen LogP contribution in [0.2, 0.25) is 0 Å². The zero-order valence-corrected chi connectivity index (χ0v) is 15.6. The number of aliphatic imine (C=N–C) groups is 1. The summed E-state index contributed by atoms with van der Waals surface area (Å²) >= 11 is 1.69. The Morgan fingerprint density at radius 1 is 1.08 bits per heavy atom. The molecular weight excluding hydrogens is 352 g/mol. The number of thioether (sulfide) groups is 1. The highest BCUT2D eigenvalue weighted by Gasteiger charge is 2.47. The highest BCUT2D eigenvalue weighted by atomic mass is 32.2. The van der Waals surface area contributed by atoms with E-state index in [-0.39, 0.29) is 23.6 Å². The third-order valence-corrected chi connectivity index (χ3v) is 7.47. The monoisotopic (exact) mass is 372 g/mol. The molecule has 25 heavy (non-hydrogen) atoms. The molecule has 130 valence electrons. The highest BCUT2D eigenvalue weighted by molar-refractivity contribution is 8.13. The Hall–Kier alpha value is -1.79. The third-order valence-electron chi connectivity index (χ3n) is 4.76. The maximum Gasteiger partial charge on any atom is 0.164 e. The van der Waals surface area contributed by atoms with Gasteiger partial charge in [-0.2, -0.15) is 0 Å². The molecule has 2 aliphatic heterocycles. The van der Waals surface area contributed by atoms with E-state index >= 15 is 0 Å². The van der Waals surface area contributed by atoms with E-state index in [1.807, 2.05) is 36.4 Å². The minimum atomic E-state index is -3.00. The summed E-state index contributed by atoms with van der Waals surface area (Å²) in [5.74, 6) is 1.18. The molecule has 0 saturated carbocycles.